The lowest BCUT2D eigenvalue weighted by Crippen LogP contribution is -2.23. The zero-order chi connectivity index (χ0) is 18.4. The molecule has 1 heterocycles. The largest absolute Gasteiger partial charge is 0.496 e. The molecule has 0 unspecified atom stereocenters. The number of methoxy groups -OCH3 is 1. The van der Waals surface area contributed by atoms with Gasteiger partial charge in [-0.2, -0.15) is 0 Å². The van der Waals surface area contributed by atoms with Crippen molar-refractivity contribution in [1.82, 2.24) is 14.9 Å². The van der Waals surface area contributed by atoms with E-state index in [1.165, 1.54) is 0 Å². The van der Waals surface area contributed by atoms with Crippen molar-refractivity contribution >= 4 is 5.91 Å². The number of hydrogen-bond donors (Lipinski definition) is 1. The molecule has 0 aliphatic rings. The molecule has 0 saturated heterocycles. The van der Waals surface area contributed by atoms with Gasteiger partial charge in [0.15, 0.2) is 0 Å². The second-order valence-corrected chi connectivity index (χ2v) is 5.84. The molecule has 3 rings (SSSR count). The van der Waals surface area contributed by atoms with Crippen LogP contribution in [0, 0.1) is 0 Å². The van der Waals surface area contributed by atoms with Crippen LogP contribution < -0.4 is 10.1 Å². The van der Waals surface area contributed by atoms with Crippen LogP contribution >= 0.6 is 0 Å². The van der Waals surface area contributed by atoms with Gasteiger partial charge in [0.05, 0.1) is 13.4 Å². The standard InChI is InChI=1S/C21H21N3O2/c1-3-4-17-13-18(7-10-20(17)26-2)21(25)23-14-16-5-8-19(9-6-16)24-12-11-22-15-24/h3,5-13,15H,1,4,14H2,2H3,(H,23,25). The van der Waals surface area contributed by atoms with Gasteiger partial charge in [-0.1, -0.05) is 18.2 Å². The van der Waals surface area contributed by atoms with Crippen LogP contribution in [0.5, 0.6) is 5.75 Å². The molecule has 2 aromatic carbocycles. The van der Waals surface area contributed by atoms with Crippen molar-refractivity contribution in [3.63, 3.8) is 0 Å². The molecule has 0 aliphatic heterocycles. The van der Waals surface area contributed by atoms with Crippen molar-refractivity contribution in [2.24, 2.45) is 0 Å². The summed E-state index contributed by atoms with van der Waals surface area (Å²) in [6, 6.07) is 13.4. The van der Waals surface area contributed by atoms with E-state index in [1.54, 1.807) is 31.8 Å². The summed E-state index contributed by atoms with van der Waals surface area (Å²) in [6.45, 7) is 4.21. The van der Waals surface area contributed by atoms with E-state index in [0.717, 1.165) is 22.6 Å². The number of carbonyl (C=O) groups excluding carboxylic acids is 1. The maximum absolute atomic E-state index is 12.4. The molecule has 1 amide bonds. The minimum Gasteiger partial charge on any atom is -0.496 e. The Morgan fingerprint density at radius 3 is 2.73 bits per heavy atom. The highest BCUT2D eigenvalue weighted by molar-refractivity contribution is 5.94. The van der Waals surface area contributed by atoms with Crippen LogP contribution in [0.1, 0.15) is 21.5 Å². The number of carbonyl (C=O) groups is 1. The van der Waals surface area contributed by atoms with Crippen molar-refractivity contribution in [2.75, 3.05) is 7.11 Å². The van der Waals surface area contributed by atoms with Crippen LogP contribution in [-0.4, -0.2) is 22.6 Å². The molecule has 1 N–H and O–H groups in total. The first-order valence-electron chi connectivity index (χ1n) is 8.34. The fourth-order valence-electron chi connectivity index (χ4n) is 2.72. The number of aromatic nitrogens is 2. The molecule has 5 heteroatoms. The maximum Gasteiger partial charge on any atom is 0.251 e. The molecule has 132 valence electrons. The Morgan fingerprint density at radius 2 is 2.08 bits per heavy atom. The zero-order valence-electron chi connectivity index (χ0n) is 14.7. The Morgan fingerprint density at radius 1 is 1.27 bits per heavy atom. The molecule has 0 aliphatic carbocycles. The molecule has 26 heavy (non-hydrogen) atoms. The SMILES string of the molecule is C=CCc1cc(C(=O)NCc2ccc(-n3ccnc3)cc2)ccc1OC. The number of nitrogens with one attached hydrogen (secondary N) is 1. The summed E-state index contributed by atoms with van der Waals surface area (Å²) < 4.78 is 7.25. The Bertz CT molecular complexity index is 884. The summed E-state index contributed by atoms with van der Waals surface area (Å²) in [5, 5.41) is 2.95. The van der Waals surface area contributed by atoms with Gasteiger partial charge in [0, 0.05) is 30.2 Å². The van der Waals surface area contributed by atoms with Gasteiger partial charge in [-0.15, -0.1) is 6.58 Å². The van der Waals surface area contributed by atoms with Gasteiger partial charge in [-0.05, 0) is 47.9 Å². The number of rotatable bonds is 7. The first-order chi connectivity index (χ1) is 12.7. The Kier molecular flexibility index (Phi) is 5.49. The van der Waals surface area contributed by atoms with Crippen LogP contribution in [0.25, 0.3) is 5.69 Å². The molecule has 0 fully saturated rings. The van der Waals surface area contributed by atoms with Gasteiger partial charge < -0.3 is 14.6 Å². The molecule has 0 atom stereocenters. The minimum absolute atomic E-state index is 0.114. The number of amides is 1. The van der Waals surface area contributed by atoms with E-state index in [9.17, 15) is 4.79 Å². The van der Waals surface area contributed by atoms with Crippen molar-refractivity contribution in [3.05, 3.63) is 90.5 Å². The van der Waals surface area contributed by atoms with Crippen LogP contribution in [0.15, 0.2) is 73.8 Å². The van der Waals surface area contributed by atoms with E-state index in [1.807, 2.05) is 47.2 Å². The smallest absolute Gasteiger partial charge is 0.251 e. The van der Waals surface area contributed by atoms with E-state index in [2.05, 4.69) is 16.9 Å². The molecular formula is C21H21N3O2. The van der Waals surface area contributed by atoms with Crippen molar-refractivity contribution in [1.29, 1.82) is 0 Å². The summed E-state index contributed by atoms with van der Waals surface area (Å²) in [4.78, 5) is 16.5. The molecule has 1 aromatic heterocycles. The maximum atomic E-state index is 12.4. The fraction of sp³-hybridized carbons (Fsp3) is 0.143. The number of allylic oxidation sites excluding steroid dienone is 1. The highest BCUT2D eigenvalue weighted by Gasteiger charge is 2.09. The van der Waals surface area contributed by atoms with E-state index in [-0.39, 0.29) is 5.91 Å². The van der Waals surface area contributed by atoms with Crippen LogP contribution in [-0.2, 0) is 13.0 Å². The minimum atomic E-state index is -0.114. The predicted molar refractivity (Wildman–Crippen MR) is 102 cm³/mol. The molecule has 0 saturated carbocycles. The lowest BCUT2D eigenvalue weighted by atomic mass is 10.1. The average molecular weight is 347 g/mol. The molecule has 0 spiro atoms. The number of hydrogen-bond acceptors (Lipinski definition) is 3. The number of ether oxygens (including phenoxy) is 1. The first kappa shape index (κ1) is 17.5. The monoisotopic (exact) mass is 347 g/mol. The molecule has 5 nitrogen and oxygen atoms in total. The number of nitrogens with zero attached hydrogens (tertiary/aromatic N) is 2. The molecule has 3 aromatic rings. The van der Waals surface area contributed by atoms with Gasteiger partial charge >= 0.3 is 0 Å². The van der Waals surface area contributed by atoms with Gasteiger partial charge in [-0.3, -0.25) is 4.79 Å². The van der Waals surface area contributed by atoms with Crippen molar-refractivity contribution in [2.45, 2.75) is 13.0 Å². The molecule has 0 bridgehead atoms. The normalized spacial score (nSPS) is 10.3. The van der Waals surface area contributed by atoms with E-state index in [0.29, 0.717) is 18.5 Å². The average Bonchev–Trinajstić information content (AvgIpc) is 3.21. The number of benzene rings is 2. The highest BCUT2D eigenvalue weighted by atomic mass is 16.5. The molecule has 0 radical (unpaired) electrons. The van der Waals surface area contributed by atoms with Gasteiger partial charge in [-0.25, -0.2) is 4.98 Å². The molecular weight excluding hydrogens is 326 g/mol. The van der Waals surface area contributed by atoms with Crippen LogP contribution in [0.2, 0.25) is 0 Å². The quantitative estimate of drug-likeness (QED) is 0.665. The van der Waals surface area contributed by atoms with E-state index in [4.69, 9.17) is 4.74 Å². The zero-order valence-corrected chi connectivity index (χ0v) is 14.7. The number of imidazole rings is 1. The first-order valence-corrected chi connectivity index (χ1v) is 8.34. The van der Waals surface area contributed by atoms with E-state index < -0.39 is 0 Å². The third kappa shape index (κ3) is 4.00. The fourth-order valence-corrected chi connectivity index (χ4v) is 2.72. The summed E-state index contributed by atoms with van der Waals surface area (Å²) in [5.74, 6) is 0.646. The lowest BCUT2D eigenvalue weighted by molar-refractivity contribution is 0.0951. The topological polar surface area (TPSA) is 56.2 Å². The summed E-state index contributed by atoms with van der Waals surface area (Å²) in [6.07, 6.45) is 7.83. The predicted octanol–water partition coefficient (Wildman–Crippen LogP) is 3.54. The van der Waals surface area contributed by atoms with E-state index >= 15 is 0 Å². The van der Waals surface area contributed by atoms with Crippen LogP contribution in [0.4, 0.5) is 0 Å². The second kappa shape index (κ2) is 8.16. The third-order valence-electron chi connectivity index (χ3n) is 4.10. The Balaban J connectivity index is 1.65. The summed E-state index contributed by atoms with van der Waals surface area (Å²) >= 11 is 0. The van der Waals surface area contributed by atoms with Gasteiger partial charge in [0.25, 0.3) is 5.91 Å². The summed E-state index contributed by atoms with van der Waals surface area (Å²) in [7, 11) is 1.62. The second-order valence-electron chi connectivity index (χ2n) is 5.84. The Hall–Kier alpha value is -3.34. The Labute approximate surface area is 153 Å². The third-order valence-corrected chi connectivity index (χ3v) is 4.10. The highest BCUT2D eigenvalue weighted by Crippen LogP contribution is 2.21. The van der Waals surface area contributed by atoms with Crippen LogP contribution in [0.3, 0.4) is 0 Å². The lowest BCUT2D eigenvalue weighted by Gasteiger charge is -2.10. The van der Waals surface area contributed by atoms with Gasteiger partial charge in [0.1, 0.15) is 5.75 Å². The van der Waals surface area contributed by atoms with Gasteiger partial charge in [0.2, 0.25) is 0 Å². The van der Waals surface area contributed by atoms with Crippen molar-refractivity contribution < 1.29 is 9.53 Å². The van der Waals surface area contributed by atoms with Crippen molar-refractivity contribution in [3.8, 4) is 11.4 Å². The summed E-state index contributed by atoms with van der Waals surface area (Å²) in [5.41, 5.74) is 3.61.